The molecule has 0 aromatic heterocycles. The van der Waals surface area contributed by atoms with Crippen molar-refractivity contribution in [2.45, 2.75) is 32.8 Å². The molecule has 1 atom stereocenters. The molecule has 1 amide bonds. The Morgan fingerprint density at radius 1 is 1.12 bits per heavy atom. The number of carbonyl (C=O) groups excluding carboxylic acids is 1. The van der Waals surface area contributed by atoms with Crippen molar-refractivity contribution in [2.75, 3.05) is 39.8 Å². The Labute approximate surface area is 188 Å². The van der Waals surface area contributed by atoms with E-state index in [0.717, 1.165) is 36.3 Å². The van der Waals surface area contributed by atoms with E-state index in [-0.39, 0.29) is 12.0 Å². The quantitative estimate of drug-likeness (QED) is 0.503. The van der Waals surface area contributed by atoms with Crippen molar-refractivity contribution in [3.8, 4) is 17.2 Å². The maximum atomic E-state index is 13.1. The number of benzene rings is 2. The van der Waals surface area contributed by atoms with Gasteiger partial charge in [-0.1, -0.05) is 12.1 Å². The first-order valence-electron chi connectivity index (χ1n) is 10.6. The van der Waals surface area contributed by atoms with E-state index >= 15 is 0 Å². The second-order valence-corrected chi connectivity index (χ2v) is 7.56. The molecular formula is C24H31N3O5. The summed E-state index contributed by atoms with van der Waals surface area (Å²) in [5.74, 6) is 1.23. The molecule has 172 valence electrons. The molecule has 8 nitrogen and oxygen atoms in total. The molecule has 2 N–H and O–H groups in total. The lowest BCUT2D eigenvalue weighted by Crippen LogP contribution is -2.37. The van der Waals surface area contributed by atoms with Gasteiger partial charge in [0.2, 0.25) is 11.7 Å². The summed E-state index contributed by atoms with van der Waals surface area (Å²) >= 11 is 0. The molecule has 8 heteroatoms. The van der Waals surface area contributed by atoms with Gasteiger partial charge >= 0.3 is 0 Å². The number of nitrogens with zero attached hydrogens (tertiary/aromatic N) is 1. The maximum Gasteiger partial charge on any atom is 0.258 e. The summed E-state index contributed by atoms with van der Waals surface area (Å²) in [5, 5.41) is 6.15. The molecule has 0 unspecified atom stereocenters. The van der Waals surface area contributed by atoms with Crippen LogP contribution in [-0.4, -0.2) is 52.5 Å². The van der Waals surface area contributed by atoms with Gasteiger partial charge < -0.3 is 24.3 Å². The van der Waals surface area contributed by atoms with Gasteiger partial charge in [-0.3, -0.25) is 10.1 Å². The lowest BCUT2D eigenvalue weighted by Gasteiger charge is -2.17. The van der Waals surface area contributed by atoms with Crippen LogP contribution in [0.15, 0.2) is 35.3 Å². The molecule has 3 rings (SSSR count). The average Bonchev–Trinajstić information content (AvgIpc) is 3.33. The number of hydrogen-bond acceptors (Lipinski definition) is 6. The molecule has 2 aromatic carbocycles. The smallest absolute Gasteiger partial charge is 0.258 e. The fourth-order valence-corrected chi connectivity index (χ4v) is 3.50. The molecule has 1 aliphatic heterocycles. The van der Waals surface area contributed by atoms with Gasteiger partial charge in [-0.25, -0.2) is 4.99 Å². The summed E-state index contributed by atoms with van der Waals surface area (Å²) in [6.07, 6.45) is 2.04. The monoisotopic (exact) mass is 441 g/mol. The van der Waals surface area contributed by atoms with Crippen LogP contribution in [0.4, 0.5) is 5.69 Å². The first kappa shape index (κ1) is 23.4. The van der Waals surface area contributed by atoms with E-state index in [0.29, 0.717) is 35.3 Å². The standard InChI is InChI=1S/C24H31N3O5/c1-15-8-6-10-19(16(15)2)26-24(25-14-18-9-7-11-32-18)27-23(28)17-12-20(29-3)22(31-5)21(13-17)30-4/h6,8,10,12-13,18H,7,9,11,14H2,1-5H3,(H2,25,26,27,28)/t18-/m1/s1. The van der Waals surface area contributed by atoms with Crippen molar-refractivity contribution in [1.82, 2.24) is 5.32 Å². The molecule has 1 fully saturated rings. The van der Waals surface area contributed by atoms with Gasteiger partial charge in [0.25, 0.3) is 5.91 Å². The normalized spacial score (nSPS) is 15.9. The predicted molar refractivity (Wildman–Crippen MR) is 124 cm³/mol. The minimum atomic E-state index is -0.354. The number of ether oxygens (including phenoxy) is 4. The third-order valence-electron chi connectivity index (χ3n) is 5.49. The maximum absolute atomic E-state index is 13.1. The van der Waals surface area contributed by atoms with Gasteiger partial charge in [0, 0.05) is 17.9 Å². The van der Waals surface area contributed by atoms with Crippen LogP contribution in [0.3, 0.4) is 0 Å². The van der Waals surface area contributed by atoms with Crippen molar-refractivity contribution in [3.63, 3.8) is 0 Å². The van der Waals surface area contributed by atoms with E-state index in [1.54, 1.807) is 12.1 Å². The minimum absolute atomic E-state index is 0.0588. The summed E-state index contributed by atoms with van der Waals surface area (Å²) in [5.41, 5.74) is 3.46. The fourth-order valence-electron chi connectivity index (χ4n) is 3.50. The summed E-state index contributed by atoms with van der Waals surface area (Å²) in [4.78, 5) is 17.7. The van der Waals surface area contributed by atoms with Gasteiger partial charge in [-0.15, -0.1) is 0 Å². The highest BCUT2D eigenvalue weighted by Gasteiger charge is 2.19. The Balaban J connectivity index is 1.87. The first-order chi connectivity index (χ1) is 15.5. The fraction of sp³-hybridized carbons (Fsp3) is 0.417. The zero-order valence-corrected chi connectivity index (χ0v) is 19.3. The number of nitrogens with one attached hydrogen (secondary N) is 2. The van der Waals surface area contributed by atoms with Crippen LogP contribution in [0.25, 0.3) is 0 Å². The van der Waals surface area contributed by atoms with E-state index in [1.165, 1.54) is 21.3 Å². The highest BCUT2D eigenvalue weighted by Crippen LogP contribution is 2.38. The molecule has 0 bridgehead atoms. The zero-order valence-electron chi connectivity index (χ0n) is 19.3. The van der Waals surface area contributed by atoms with Gasteiger partial charge in [0.15, 0.2) is 11.5 Å². The molecule has 0 spiro atoms. The van der Waals surface area contributed by atoms with Crippen LogP contribution in [0.2, 0.25) is 0 Å². The molecule has 1 saturated heterocycles. The van der Waals surface area contributed by atoms with Crippen LogP contribution in [0.5, 0.6) is 17.2 Å². The number of hydrogen-bond donors (Lipinski definition) is 2. The second kappa shape index (κ2) is 10.9. The van der Waals surface area contributed by atoms with E-state index < -0.39 is 0 Å². The third kappa shape index (κ3) is 5.50. The third-order valence-corrected chi connectivity index (χ3v) is 5.49. The van der Waals surface area contributed by atoms with Crippen LogP contribution < -0.4 is 24.8 Å². The zero-order chi connectivity index (χ0) is 23.1. The Morgan fingerprint density at radius 3 is 2.44 bits per heavy atom. The van der Waals surface area contributed by atoms with Crippen molar-refractivity contribution >= 4 is 17.6 Å². The van der Waals surface area contributed by atoms with E-state index in [4.69, 9.17) is 18.9 Å². The number of carbonyl (C=O) groups is 1. The first-order valence-corrected chi connectivity index (χ1v) is 10.6. The minimum Gasteiger partial charge on any atom is -0.493 e. The van der Waals surface area contributed by atoms with Crippen molar-refractivity contribution in [1.29, 1.82) is 0 Å². The summed E-state index contributed by atoms with van der Waals surface area (Å²) < 4.78 is 21.8. The molecule has 1 heterocycles. The number of aliphatic imine (C=N–C) groups is 1. The Morgan fingerprint density at radius 2 is 1.84 bits per heavy atom. The van der Waals surface area contributed by atoms with E-state index in [9.17, 15) is 4.79 Å². The van der Waals surface area contributed by atoms with E-state index in [2.05, 4.69) is 15.6 Å². The van der Waals surface area contributed by atoms with Crippen LogP contribution in [0, 0.1) is 13.8 Å². The lowest BCUT2D eigenvalue weighted by molar-refractivity contribution is 0.0974. The SMILES string of the molecule is COc1cc(C(=O)NC(=NC[C@H]2CCCO2)Nc2cccc(C)c2C)cc(OC)c1OC. The summed E-state index contributed by atoms with van der Waals surface area (Å²) in [7, 11) is 4.54. The lowest BCUT2D eigenvalue weighted by atomic mass is 10.1. The van der Waals surface area contributed by atoms with E-state index in [1.807, 2.05) is 32.0 Å². The second-order valence-electron chi connectivity index (χ2n) is 7.56. The molecule has 0 aliphatic carbocycles. The van der Waals surface area contributed by atoms with Gasteiger partial charge in [0.05, 0.1) is 34.0 Å². The van der Waals surface area contributed by atoms with Crippen LogP contribution in [-0.2, 0) is 4.74 Å². The number of anilines is 1. The summed E-state index contributed by atoms with van der Waals surface area (Å²) in [6.45, 7) is 5.27. The topological polar surface area (TPSA) is 90.4 Å². The van der Waals surface area contributed by atoms with Crippen molar-refractivity contribution in [3.05, 3.63) is 47.0 Å². The predicted octanol–water partition coefficient (Wildman–Crippen LogP) is 3.71. The Bertz CT molecular complexity index is 959. The van der Waals surface area contributed by atoms with Crippen LogP contribution in [0.1, 0.15) is 34.3 Å². The highest BCUT2D eigenvalue weighted by atomic mass is 16.5. The van der Waals surface area contributed by atoms with Crippen molar-refractivity contribution in [2.24, 2.45) is 4.99 Å². The van der Waals surface area contributed by atoms with Gasteiger partial charge in [-0.2, -0.15) is 0 Å². The molecule has 0 radical (unpaired) electrons. The summed E-state index contributed by atoms with van der Waals surface area (Å²) in [6, 6.07) is 9.16. The Kier molecular flexibility index (Phi) is 7.94. The molecule has 2 aromatic rings. The highest BCUT2D eigenvalue weighted by molar-refractivity contribution is 6.10. The average molecular weight is 442 g/mol. The number of rotatable bonds is 7. The van der Waals surface area contributed by atoms with Crippen molar-refractivity contribution < 1.29 is 23.7 Å². The number of aryl methyl sites for hydroxylation is 1. The molecular weight excluding hydrogens is 410 g/mol. The molecule has 0 saturated carbocycles. The molecule has 1 aliphatic rings. The molecule has 32 heavy (non-hydrogen) atoms. The largest absolute Gasteiger partial charge is 0.493 e. The number of guanidine groups is 1. The van der Waals surface area contributed by atoms with Gasteiger partial charge in [0.1, 0.15) is 0 Å². The van der Waals surface area contributed by atoms with Crippen LogP contribution >= 0.6 is 0 Å². The van der Waals surface area contributed by atoms with Gasteiger partial charge in [-0.05, 0) is 56.0 Å². The Hall–Kier alpha value is -3.26. The number of methoxy groups -OCH3 is 3. The number of amides is 1.